The van der Waals surface area contributed by atoms with Crippen LogP contribution >= 0.6 is 27.3 Å². The minimum Gasteiger partial charge on any atom is -0.350 e. The van der Waals surface area contributed by atoms with Gasteiger partial charge in [-0.15, -0.1) is 11.3 Å². The van der Waals surface area contributed by atoms with Crippen LogP contribution in [-0.2, 0) is 0 Å². The third-order valence-electron chi connectivity index (χ3n) is 1.92. The Bertz CT molecular complexity index is 319. The molecule has 1 aromatic heterocycles. The fraction of sp³-hybridized carbons (Fsp3) is 0.500. The first-order valence-corrected chi connectivity index (χ1v) is 6.51. The Labute approximate surface area is 102 Å². The van der Waals surface area contributed by atoms with Crippen molar-refractivity contribution in [3.8, 4) is 0 Å². The Morgan fingerprint density at radius 2 is 2.27 bits per heavy atom. The number of aryl methyl sites for hydroxylation is 1. The second-order valence-corrected chi connectivity index (χ2v) is 5.55. The molecular formula is C10H15BrN2OS. The van der Waals surface area contributed by atoms with Crippen LogP contribution < -0.4 is 10.6 Å². The number of halogens is 1. The summed E-state index contributed by atoms with van der Waals surface area (Å²) in [4.78, 5) is 12.4. The zero-order chi connectivity index (χ0) is 11.3. The second-order valence-electron chi connectivity index (χ2n) is 3.18. The van der Waals surface area contributed by atoms with Crippen molar-refractivity contribution in [2.45, 2.75) is 13.8 Å². The summed E-state index contributed by atoms with van der Waals surface area (Å²) >= 11 is 4.87. The van der Waals surface area contributed by atoms with Crippen LogP contribution in [0.5, 0.6) is 0 Å². The molecule has 0 aromatic carbocycles. The third-order valence-corrected chi connectivity index (χ3v) is 4.05. The molecule has 0 fully saturated rings. The molecule has 1 rings (SSSR count). The molecule has 0 bridgehead atoms. The maximum absolute atomic E-state index is 11.6. The molecule has 0 atom stereocenters. The lowest BCUT2D eigenvalue weighted by atomic mass is 10.3. The van der Waals surface area contributed by atoms with Crippen molar-refractivity contribution in [2.24, 2.45) is 0 Å². The van der Waals surface area contributed by atoms with Crippen molar-refractivity contribution >= 4 is 33.2 Å². The molecule has 1 aromatic rings. The fourth-order valence-electron chi connectivity index (χ4n) is 1.10. The van der Waals surface area contributed by atoms with E-state index in [1.54, 1.807) is 0 Å². The predicted octanol–water partition coefficient (Wildman–Crippen LogP) is 2.16. The Balaban J connectivity index is 2.40. The molecule has 0 spiro atoms. The zero-order valence-corrected chi connectivity index (χ0v) is 11.3. The van der Waals surface area contributed by atoms with E-state index >= 15 is 0 Å². The van der Waals surface area contributed by atoms with E-state index in [1.165, 1.54) is 11.3 Å². The fourth-order valence-corrected chi connectivity index (χ4v) is 2.55. The summed E-state index contributed by atoms with van der Waals surface area (Å²) in [6, 6.07) is 1.90. The van der Waals surface area contributed by atoms with Crippen molar-refractivity contribution in [3.05, 3.63) is 20.3 Å². The van der Waals surface area contributed by atoms with Gasteiger partial charge in [-0.05, 0) is 41.0 Å². The molecule has 0 aliphatic heterocycles. The summed E-state index contributed by atoms with van der Waals surface area (Å²) in [5, 5.41) is 6.01. The first kappa shape index (κ1) is 12.7. The highest BCUT2D eigenvalue weighted by Gasteiger charge is 2.09. The Kier molecular flexibility index (Phi) is 5.28. The van der Waals surface area contributed by atoms with Gasteiger partial charge in [-0.2, -0.15) is 0 Å². The number of likely N-dealkylation sites (N-methyl/N-ethyl adjacent to an activating group) is 1. The van der Waals surface area contributed by atoms with Gasteiger partial charge in [0.1, 0.15) is 0 Å². The summed E-state index contributed by atoms with van der Waals surface area (Å²) in [5.41, 5.74) is 1.11. The molecule has 1 heterocycles. The van der Waals surface area contributed by atoms with Gasteiger partial charge in [0, 0.05) is 13.1 Å². The number of amides is 1. The van der Waals surface area contributed by atoms with E-state index in [1.807, 2.05) is 19.9 Å². The normalized spacial score (nSPS) is 10.3. The van der Waals surface area contributed by atoms with Crippen molar-refractivity contribution in [1.82, 2.24) is 10.6 Å². The van der Waals surface area contributed by atoms with Crippen molar-refractivity contribution in [2.75, 3.05) is 19.6 Å². The number of nitrogens with one attached hydrogen (secondary N) is 2. The largest absolute Gasteiger partial charge is 0.350 e. The van der Waals surface area contributed by atoms with E-state index in [-0.39, 0.29) is 5.91 Å². The van der Waals surface area contributed by atoms with Gasteiger partial charge in [0.2, 0.25) is 0 Å². The molecule has 1 amide bonds. The summed E-state index contributed by atoms with van der Waals surface area (Å²) < 4.78 is 1.03. The number of rotatable bonds is 5. The van der Waals surface area contributed by atoms with Crippen molar-refractivity contribution in [3.63, 3.8) is 0 Å². The number of carbonyl (C=O) groups excluding carboxylic acids is 1. The van der Waals surface area contributed by atoms with Crippen LogP contribution in [0.25, 0.3) is 0 Å². The van der Waals surface area contributed by atoms with E-state index < -0.39 is 0 Å². The van der Waals surface area contributed by atoms with Crippen molar-refractivity contribution in [1.29, 1.82) is 0 Å². The van der Waals surface area contributed by atoms with Gasteiger partial charge >= 0.3 is 0 Å². The molecule has 3 nitrogen and oxygen atoms in total. The average Bonchev–Trinajstić information content (AvgIpc) is 2.54. The lowest BCUT2D eigenvalue weighted by Gasteiger charge is -2.03. The van der Waals surface area contributed by atoms with Crippen LogP contribution in [0.4, 0.5) is 0 Å². The topological polar surface area (TPSA) is 41.1 Å². The van der Waals surface area contributed by atoms with Crippen LogP contribution in [-0.4, -0.2) is 25.5 Å². The Hall–Kier alpha value is -0.390. The van der Waals surface area contributed by atoms with Crippen LogP contribution in [0.2, 0.25) is 0 Å². The smallest absolute Gasteiger partial charge is 0.261 e. The number of thiophene rings is 1. The summed E-state index contributed by atoms with van der Waals surface area (Å²) in [7, 11) is 0. The van der Waals surface area contributed by atoms with Gasteiger partial charge in [0.05, 0.1) is 8.66 Å². The number of hydrogen-bond donors (Lipinski definition) is 2. The molecule has 0 saturated carbocycles. The van der Waals surface area contributed by atoms with Gasteiger partial charge in [-0.1, -0.05) is 6.92 Å². The van der Waals surface area contributed by atoms with E-state index in [0.29, 0.717) is 6.54 Å². The Morgan fingerprint density at radius 3 is 2.80 bits per heavy atom. The van der Waals surface area contributed by atoms with E-state index in [2.05, 4.69) is 26.6 Å². The van der Waals surface area contributed by atoms with Gasteiger partial charge < -0.3 is 10.6 Å². The first-order valence-electron chi connectivity index (χ1n) is 4.90. The highest BCUT2D eigenvalue weighted by atomic mass is 79.9. The molecule has 0 aliphatic carbocycles. The monoisotopic (exact) mass is 290 g/mol. The predicted molar refractivity (Wildman–Crippen MR) is 67.6 cm³/mol. The Morgan fingerprint density at radius 1 is 1.53 bits per heavy atom. The maximum Gasteiger partial charge on any atom is 0.261 e. The SMILES string of the molecule is CCNCCNC(=O)c1cc(C)c(Br)s1. The van der Waals surface area contributed by atoms with E-state index in [4.69, 9.17) is 0 Å². The number of hydrogen-bond acceptors (Lipinski definition) is 3. The third kappa shape index (κ3) is 3.93. The molecule has 0 unspecified atom stereocenters. The average molecular weight is 291 g/mol. The van der Waals surface area contributed by atoms with E-state index in [0.717, 1.165) is 27.3 Å². The molecule has 2 N–H and O–H groups in total. The quantitative estimate of drug-likeness (QED) is 0.816. The molecule has 5 heteroatoms. The van der Waals surface area contributed by atoms with Crippen LogP contribution in [0.15, 0.2) is 9.85 Å². The molecule has 0 aliphatic rings. The first-order chi connectivity index (χ1) is 7.15. The molecule has 15 heavy (non-hydrogen) atoms. The molecular weight excluding hydrogens is 276 g/mol. The second kappa shape index (κ2) is 6.25. The van der Waals surface area contributed by atoms with Gasteiger partial charge in [0.15, 0.2) is 0 Å². The van der Waals surface area contributed by atoms with Gasteiger partial charge in [-0.3, -0.25) is 4.79 Å². The van der Waals surface area contributed by atoms with E-state index in [9.17, 15) is 4.79 Å². The molecule has 84 valence electrons. The van der Waals surface area contributed by atoms with Crippen molar-refractivity contribution < 1.29 is 4.79 Å². The lowest BCUT2D eigenvalue weighted by molar-refractivity contribution is 0.0958. The summed E-state index contributed by atoms with van der Waals surface area (Å²) in [6.07, 6.45) is 0. The van der Waals surface area contributed by atoms with Gasteiger partial charge in [-0.25, -0.2) is 0 Å². The molecule has 0 radical (unpaired) electrons. The number of carbonyl (C=O) groups is 1. The summed E-state index contributed by atoms with van der Waals surface area (Å²) in [6.45, 7) is 6.44. The lowest BCUT2D eigenvalue weighted by Crippen LogP contribution is -2.31. The minimum atomic E-state index is 0.00621. The maximum atomic E-state index is 11.6. The molecule has 0 saturated heterocycles. The van der Waals surface area contributed by atoms with Crippen LogP contribution in [0, 0.1) is 6.92 Å². The summed E-state index contributed by atoms with van der Waals surface area (Å²) in [5.74, 6) is 0.00621. The zero-order valence-electron chi connectivity index (χ0n) is 8.89. The highest BCUT2D eigenvalue weighted by Crippen LogP contribution is 2.26. The van der Waals surface area contributed by atoms with Crippen LogP contribution in [0.3, 0.4) is 0 Å². The standard InChI is InChI=1S/C10H15BrN2OS/c1-3-12-4-5-13-10(14)8-6-7(2)9(11)15-8/h6,12H,3-5H2,1-2H3,(H,13,14). The van der Waals surface area contributed by atoms with Crippen LogP contribution in [0.1, 0.15) is 22.2 Å². The minimum absolute atomic E-state index is 0.00621. The van der Waals surface area contributed by atoms with Gasteiger partial charge in [0.25, 0.3) is 5.91 Å². The highest BCUT2D eigenvalue weighted by molar-refractivity contribution is 9.11.